The maximum absolute atomic E-state index is 13.7. The van der Waals surface area contributed by atoms with Gasteiger partial charge < -0.3 is 9.47 Å². The molecule has 1 aliphatic rings. The van der Waals surface area contributed by atoms with Gasteiger partial charge in [-0.1, -0.05) is 0 Å². The summed E-state index contributed by atoms with van der Waals surface area (Å²) in [6, 6.07) is 4.45. The molecule has 0 radical (unpaired) electrons. The van der Waals surface area contributed by atoms with Crippen molar-refractivity contribution in [3.05, 3.63) is 41.2 Å². The van der Waals surface area contributed by atoms with Crippen molar-refractivity contribution >= 4 is 5.97 Å². The lowest BCUT2D eigenvalue weighted by atomic mass is 10.1. The number of nitrogens with zero attached hydrogens (tertiary/aromatic N) is 3. The number of nitriles is 1. The Balaban J connectivity index is 2.07. The molecule has 2 heterocycles. The van der Waals surface area contributed by atoms with Gasteiger partial charge >= 0.3 is 5.97 Å². The average molecular weight is 315 g/mol. The fraction of sp³-hybridized carbons (Fsp3) is 0.312. The largest absolute Gasteiger partial charge is 0.484 e. The fourth-order valence-corrected chi connectivity index (χ4v) is 2.34. The normalized spacial score (nSPS) is 12.7. The molecule has 0 unspecified atom stereocenters. The smallest absolute Gasteiger partial charge is 0.359 e. The number of rotatable bonds is 1. The molecule has 0 atom stereocenters. The Kier molecular flexibility index (Phi) is 3.33. The highest BCUT2D eigenvalue weighted by molar-refractivity contribution is 5.89. The Morgan fingerprint density at radius 1 is 1.48 bits per heavy atom. The molecule has 3 rings (SSSR count). The van der Waals surface area contributed by atoms with Crippen LogP contribution in [0.1, 0.15) is 42.5 Å². The first-order valence-electron chi connectivity index (χ1n) is 6.97. The lowest BCUT2D eigenvalue weighted by Crippen LogP contribution is -2.25. The van der Waals surface area contributed by atoms with Gasteiger partial charge in [-0.15, -0.1) is 0 Å². The molecule has 0 spiro atoms. The molecule has 6 nitrogen and oxygen atoms in total. The van der Waals surface area contributed by atoms with Crippen molar-refractivity contribution in [2.45, 2.75) is 33.0 Å². The molecule has 0 amide bonds. The Labute approximate surface area is 132 Å². The second-order valence-corrected chi connectivity index (χ2v) is 6.08. The third-order valence-electron chi connectivity index (χ3n) is 3.27. The second kappa shape index (κ2) is 5.09. The number of fused-ring (bicyclic) bond motifs is 3. The number of halogens is 1. The van der Waals surface area contributed by atoms with Crippen molar-refractivity contribution in [3.8, 4) is 17.5 Å². The van der Waals surface area contributed by atoms with Gasteiger partial charge in [-0.25, -0.2) is 14.2 Å². The number of carbonyl (C=O) groups excluding carboxylic acids is 1. The van der Waals surface area contributed by atoms with Gasteiger partial charge in [-0.3, -0.25) is 4.57 Å². The topological polar surface area (TPSA) is 77.1 Å². The van der Waals surface area contributed by atoms with Crippen LogP contribution in [-0.4, -0.2) is 21.1 Å². The molecule has 23 heavy (non-hydrogen) atoms. The molecule has 0 saturated heterocycles. The van der Waals surface area contributed by atoms with Crippen LogP contribution in [0.4, 0.5) is 4.39 Å². The summed E-state index contributed by atoms with van der Waals surface area (Å²) in [5.74, 6) is -1.06. The molecule has 0 bridgehead atoms. The summed E-state index contributed by atoms with van der Waals surface area (Å²) >= 11 is 0. The number of ether oxygens (including phenoxy) is 2. The lowest BCUT2D eigenvalue weighted by Gasteiger charge is -2.22. The highest BCUT2D eigenvalue weighted by atomic mass is 19.1. The summed E-state index contributed by atoms with van der Waals surface area (Å²) in [6.07, 6.45) is 1.44. The van der Waals surface area contributed by atoms with Crippen LogP contribution in [0.3, 0.4) is 0 Å². The Morgan fingerprint density at radius 3 is 2.87 bits per heavy atom. The Morgan fingerprint density at radius 2 is 2.22 bits per heavy atom. The minimum atomic E-state index is -0.651. The van der Waals surface area contributed by atoms with E-state index in [0.717, 1.165) is 0 Å². The second-order valence-electron chi connectivity index (χ2n) is 6.08. The maximum atomic E-state index is 13.7. The van der Waals surface area contributed by atoms with Crippen LogP contribution >= 0.6 is 0 Å². The number of carbonyl (C=O) groups is 1. The van der Waals surface area contributed by atoms with Gasteiger partial charge in [-0.05, 0) is 32.9 Å². The van der Waals surface area contributed by atoms with Crippen LogP contribution in [0, 0.1) is 17.1 Å². The first-order chi connectivity index (χ1) is 10.8. The van der Waals surface area contributed by atoms with Gasteiger partial charge in [0.2, 0.25) is 0 Å². The van der Waals surface area contributed by atoms with Crippen molar-refractivity contribution in [2.24, 2.45) is 0 Å². The summed E-state index contributed by atoms with van der Waals surface area (Å²) in [6.45, 7) is 5.29. The number of esters is 1. The minimum Gasteiger partial charge on any atom is -0.484 e. The molecule has 0 aliphatic carbocycles. The number of hydrogen-bond donors (Lipinski definition) is 0. The number of aromatic nitrogens is 2. The van der Waals surface area contributed by atoms with Crippen molar-refractivity contribution in [2.75, 3.05) is 0 Å². The Bertz CT molecular complexity index is 843. The fourth-order valence-electron chi connectivity index (χ4n) is 2.34. The number of hydrogen-bond acceptors (Lipinski definition) is 5. The molecular weight excluding hydrogens is 301 g/mol. The van der Waals surface area contributed by atoms with Gasteiger partial charge in [0, 0.05) is 0 Å². The van der Waals surface area contributed by atoms with Crippen LogP contribution in [0.15, 0.2) is 18.5 Å². The van der Waals surface area contributed by atoms with Crippen LogP contribution in [0.5, 0.6) is 5.75 Å². The van der Waals surface area contributed by atoms with Crippen LogP contribution in [0.2, 0.25) is 0 Å². The number of benzene rings is 1. The lowest BCUT2D eigenvalue weighted by molar-refractivity contribution is 0.00603. The zero-order valence-electron chi connectivity index (χ0n) is 12.9. The van der Waals surface area contributed by atoms with Crippen LogP contribution in [-0.2, 0) is 11.3 Å². The van der Waals surface area contributed by atoms with Gasteiger partial charge in [0.05, 0.1) is 11.4 Å². The highest BCUT2D eigenvalue weighted by Crippen LogP contribution is 2.35. The summed E-state index contributed by atoms with van der Waals surface area (Å²) in [5.41, 5.74) is 0.306. The van der Waals surface area contributed by atoms with Crippen molar-refractivity contribution in [1.29, 1.82) is 5.26 Å². The third kappa shape index (κ3) is 2.52. The molecule has 7 heteroatoms. The van der Waals surface area contributed by atoms with Gasteiger partial charge in [0.25, 0.3) is 0 Å². The van der Waals surface area contributed by atoms with Crippen molar-refractivity contribution in [1.82, 2.24) is 9.55 Å². The van der Waals surface area contributed by atoms with E-state index in [9.17, 15) is 9.18 Å². The zero-order valence-corrected chi connectivity index (χ0v) is 12.9. The number of imidazole rings is 1. The first-order valence-corrected chi connectivity index (χ1v) is 6.97. The summed E-state index contributed by atoms with van der Waals surface area (Å²) < 4.78 is 26.1. The van der Waals surface area contributed by atoms with E-state index >= 15 is 0 Å². The highest BCUT2D eigenvalue weighted by Gasteiger charge is 2.29. The van der Waals surface area contributed by atoms with E-state index in [4.69, 9.17) is 14.7 Å². The van der Waals surface area contributed by atoms with E-state index in [-0.39, 0.29) is 23.6 Å². The van der Waals surface area contributed by atoms with E-state index in [1.54, 1.807) is 31.4 Å². The summed E-state index contributed by atoms with van der Waals surface area (Å²) in [7, 11) is 0. The molecule has 118 valence electrons. The van der Waals surface area contributed by atoms with E-state index in [2.05, 4.69) is 4.98 Å². The molecule has 1 aromatic carbocycles. The monoisotopic (exact) mass is 315 g/mol. The van der Waals surface area contributed by atoms with E-state index < -0.39 is 17.4 Å². The summed E-state index contributed by atoms with van der Waals surface area (Å²) in [5, 5.41) is 9.07. The van der Waals surface area contributed by atoms with E-state index in [1.165, 1.54) is 18.5 Å². The molecular formula is C16H14FN3O3. The molecule has 1 aliphatic heterocycles. The van der Waals surface area contributed by atoms with Crippen molar-refractivity contribution in [3.63, 3.8) is 0 Å². The zero-order chi connectivity index (χ0) is 16.8. The van der Waals surface area contributed by atoms with Crippen LogP contribution < -0.4 is 4.74 Å². The quantitative estimate of drug-likeness (QED) is 0.756. The molecule has 0 N–H and O–H groups in total. The first kappa shape index (κ1) is 15.0. The third-order valence-corrected chi connectivity index (χ3v) is 3.27. The minimum absolute atomic E-state index is 0.000288. The van der Waals surface area contributed by atoms with Crippen molar-refractivity contribution < 1.29 is 18.7 Å². The average Bonchev–Trinajstić information content (AvgIpc) is 2.89. The van der Waals surface area contributed by atoms with Crippen LogP contribution in [0.25, 0.3) is 5.69 Å². The van der Waals surface area contributed by atoms with E-state index in [0.29, 0.717) is 11.4 Å². The van der Waals surface area contributed by atoms with Gasteiger partial charge in [-0.2, -0.15) is 5.26 Å². The molecule has 1 aromatic heterocycles. The standard InChI is InChI=1S/C16H14FN3O3/c1-16(2,3)23-15(21)13-12-7-22-14-9(6-18)10(17)4-5-11(14)20(12)8-19-13/h4-5,8H,7H2,1-3H3. The maximum Gasteiger partial charge on any atom is 0.359 e. The van der Waals surface area contributed by atoms with E-state index in [1.807, 2.05) is 0 Å². The SMILES string of the molecule is CC(C)(C)OC(=O)c1ncn2c1COc1c-2ccc(F)c1C#N. The van der Waals surface area contributed by atoms with Gasteiger partial charge in [0.15, 0.2) is 11.4 Å². The Hall–Kier alpha value is -2.88. The predicted octanol–water partition coefficient (Wildman–Crippen LogP) is 2.73. The molecule has 0 fully saturated rings. The summed E-state index contributed by atoms with van der Waals surface area (Å²) in [4.78, 5) is 16.3. The molecule has 0 saturated carbocycles. The van der Waals surface area contributed by atoms with Gasteiger partial charge in [0.1, 0.15) is 36.0 Å². The molecule has 2 aromatic rings. The predicted molar refractivity (Wildman–Crippen MR) is 77.7 cm³/mol.